The van der Waals surface area contributed by atoms with E-state index in [0.717, 1.165) is 12.0 Å². The van der Waals surface area contributed by atoms with Crippen LogP contribution in [0, 0.1) is 18.7 Å². The van der Waals surface area contributed by atoms with Crippen LogP contribution in [0.3, 0.4) is 0 Å². The summed E-state index contributed by atoms with van der Waals surface area (Å²) in [4.78, 5) is 12.4. The predicted octanol–water partition coefficient (Wildman–Crippen LogP) is 5.17. The molecule has 1 aliphatic rings. The Hall–Kier alpha value is -2.16. The number of nitrogens with one attached hydrogen (secondary N) is 1. The van der Waals surface area contributed by atoms with E-state index in [0.29, 0.717) is 5.69 Å². The van der Waals surface area contributed by atoms with Crippen LogP contribution < -0.4 is 5.32 Å². The number of aryl methyl sites for hydroxylation is 1. The summed E-state index contributed by atoms with van der Waals surface area (Å²) in [5.74, 6) is -0.293. The highest BCUT2D eigenvalue weighted by Gasteiger charge is 2.44. The molecule has 126 valence electrons. The Kier molecular flexibility index (Phi) is 4.20. The van der Waals surface area contributed by atoms with E-state index in [1.165, 1.54) is 17.2 Å². The SMILES string of the molecule is Cc1cccc(F)c1NC(=O)[C@H]1C[C@H]1c1ccc(C(C)(C)C)cc1. The Labute approximate surface area is 143 Å². The third kappa shape index (κ3) is 3.35. The summed E-state index contributed by atoms with van der Waals surface area (Å²) in [6, 6.07) is 13.3. The maximum Gasteiger partial charge on any atom is 0.228 e. The van der Waals surface area contributed by atoms with Gasteiger partial charge in [0.1, 0.15) is 5.82 Å². The third-order valence-corrected chi connectivity index (χ3v) is 4.80. The number of halogens is 1. The first-order chi connectivity index (χ1) is 11.3. The van der Waals surface area contributed by atoms with Crippen molar-refractivity contribution in [1.82, 2.24) is 0 Å². The molecule has 2 nitrogen and oxygen atoms in total. The van der Waals surface area contributed by atoms with E-state index in [9.17, 15) is 9.18 Å². The van der Waals surface area contributed by atoms with Crippen LogP contribution in [-0.4, -0.2) is 5.91 Å². The minimum Gasteiger partial charge on any atom is -0.323 e. The highest BCUT2D eigenvalue weighted by Crippen LogP contribution is 2.48. The van der Waals surface area contributed by atoms with E-state index in [1.807, 2.05) is 0 Å². The van der Waals surface area contributed by atoms with Gasteiger partial charge >= 0.3 is 0 Å². The molecular formula is C21H24FNO. The van der Waals surface area contributed by atoms with Gasteiger partial charge in [0, 0.05) is 5.92 Å². The number of amides is 1. The molecule has 1 aliphatic carbocycles. The van der Waals surface area contributed by atoms with Crippen molar-refractivity contribution in [2.45, 2.75) is 45.4 Å². The zero-order chi connectivity index (χ0) is 17.5. The zero-order valence-electron chi connectivity index (χ0n) is 14.7. The normalized spacial score (nSPS) is 19.9. The van der Waals surface area contributed by atoms with Crippen molar-refractivity contribution in [2.24, 2.45) is 5.92 Å². The average Bonchev–Trinajstić information content (AvgIpc) is 3.31. The van der Waals surface area contributed by atoms with Gasteiger partial charge in [-0.2, -0.15) is 0 Å². The number of carbonyl (C=O) groups is 1. The molecule has 0 unspecified atom stereocenters. The molecule has 0 bridgehead atoms. The molecule has 24 heavy (non-hydrogen) atoms. The van der Waals surface area contributed by atoms with Crippen molar-refractivity contribution in [3.05, 3.63) is 65.0 Å². The van der Waals surface area contributed by atoms with E-state index in [2.05, 4.69) is 50.4 Å². The summed E-state index contributed by atoms with van der Waals surface area (Å²) in [7, 11) is 0. The minimum atomic E-state index is -0.380. The summed E-state index contributed by atoms with van der Waals surface area (Å²) >= 11 is 0. The van der Waals surface area contributed by atoms with Gasteiger partial charge in [-0.25, -0.2) is 4.39 Å². The summed E-state index contributed by atoms with van der Waals surface area (Å²) < 4.78 is 13.9. The summed E-state index contributed by atoms with van der Waals surface area (Å²) in [6.07, 6.45) is 0.828. The second kappa shape index (κ2) is 6.04. The van der Waals surface area contributed by atoms with Gasteiger partial charge in [-0.15, -0.1) is 0 Å². The minimum absolute atomic E-state index is 0.0653. The van der Waals surface area contributed by atoms with Gasteiger partial charge in [0.05, 0.1) is 5.69 Å². The van der Waals surface area contributed by atoms with E-state index in [1.54, 1.807) is 19.1 Å². The molecule has 2 aromatic rings. The lowest BCUT2D eigenvalue weighted by atomic mass is 9.86. The van der Waals surface area contributed by atoms with Crippen LogP contribution in [0.2, 0.25) is 0 Å². The molecule has 0 radical (unpaired) electrons. The molecule has 0 aliphatic heterocycles. The second-order valence-electron chi connectivity index (χ2n) is 7.74. The molecule has 1 amide bonds. The van der Waals surface area contributed by atoms with Crippen molar-refractivity contribution in [3.63, 3.8) is 0 Å². The number of rotatable bonds is 3. The molecule has 3 heteroatoms. The summed E-state index contributed by atoms with van der Waals surface area (Å²) in [5, 5.41) is 2.76. The van der Waals surface area contributed by atoms with Crippen molar-refractivity contribution < 1.29 is 9.18 Å². The number of para-hydroxylation sites is 1. The van der Waals surface area contributed by atoms with Crippen molar-refractivity contribution in [1.29, 1.82) is 0 Å². The zero-order valence-corrected chi connectivity index (χ0v) is 14.7. The predicted molar refractivity (Wildman–Crippen MR) is 95.8 cm³/mol. The maximum absolute atomic E-state index is 13.9. The van der Waals surface area contributed by atoms with Crippen molar-refractivity contribution in [2.75, 3.05) is 5.32 Å². The lowest BCUT2D eigenvalue weighted by Gasteiger charge is -2.19. The fourth-order valence-corrected chi connectivity index (χ4v) is 3.09. The smallest absolute Gasteiger partial charge is 0.228 e. The first kappa shape index (κ1) is 16.7. The maximum atomic E-state index is 13.9. The monoisotopic (exact) mass is 325 g/mol. The molecule has 2 atom stereocenters. The number of anilines is 1. The molecule has 2 aromatic carbocycles. The van der Waals surface area contributed by atoms with Gasteiger partial charge in [0.25, 0.3) is 0 Å². The number of hydrogen-bond donors (Lipinski definition) is 1. The van der Waals surface area contributed by atoms with E-state index < -0.39 is 0 Å². The standard InChI is InChI=1S/C21H24FNO/c1-13-6-5-7-18(22)19(13)23-20(24)17-12-16(17)14-8-10-15(11-9-14)21(2,3)4/h5-11,16-17H,12H2,1-4H3,(H,23,24)/t16-,17-/m0/s1. The van der Waals surface area contributed by atoms with Gasteiger partial charge in [-0.3, -0.25) is 4.79 Å². The van der Waals surface area contributed by atoms with Crippen molar-refractivity contribution in [3.8, 4) is 0 Å². The summed E-state index contributed by atoms with van der Waals surface area (Å²) in [6.45, 7) is 8.36. The van der Waals surface area contributed by atoms with Crippen LogP contribution in [0.15, 0.2) is 42.5 Å². The Balaban J connectivity index is 1.68. The average molecular weight is 325 g/mol. The van der Waals surface area contributed by atoms with E-state index >= 15 is 0 Å². The lowest BCUT2D eigenvalue weighted by molar-refractivity contribution is -0.117. The first-order valence-electron chi connectivity index (χ1n) is 8.44. The quantitative estimate of drug-likeness (QED) is 0.828. The Morgan fingerprint density at radius 1 is 1.12 bits per heavy atom. The van der Waals surface area contributed by atoms with Crippen LogP contribution in [-0.2, 0) is 10.2 Å². The molecule has 1 N–H and O–H groups in total. The van der Waals surface area contributed by atoms with Crippen LogP contribution in [0.4, 0.5) is 10.1 Å². The van der Waals surface area contributed by atoms with Crippen molar-refractivity contribution >= 4 is 11.6 Å². The molecule has 1 fully saturated rings. The second-order valence-corrected chi connectivity index (χ2v) is 7.74. The van der Waals surface area contributed by atoms with Crippen LogP contribution >= 0.6 is 0 Å². The molecular weight excluding hydrogens is 301 g/mol. The van der Waals surface area contributed by atoms with Gasteiger partial charge in [-0.1, -0.05) is 57.2 Å². The Bertz CT molecular complexity index is 738. The molecule has 3 rings (SSSR count). The van der Waals surface area contributed by atoms with Gasteiger partial charge in [-0.05, 0) is 47.4 Å². The van der Waals surface area contributed by atoms with Gasteiger partial charge in [0.15, 0.2) is 0 Å². The molecule has 0 saturated heterocycles. The lowest BCUT2D eigenvalue weighted by Crippen LogP contribution is -2.16. The topological polar surface area (TPSA) is 29.1 Å². The number of carbonyl (C=O) groups excluding carboxylic acids is 1. The Morgan fingerprint density at radius 2 is 1.79 bits per heavy atom. The third-order valence-electron chi connectivity index (χ3n) is 4.80. The van der Waals surface area contributed by atoms with Crippen LogP contribution in [0.5, 0.6) is 0 Å². The highest BCUT2D eigenvalue weighted by molar-refractivity contribution is 5.96. The summed E-state index contributed by atoms with van der Waals surface area (Å²) in [5.41, 5.74) is 3.65. The highest BCUT2D eigenvalue weighted by atomic mass is 19.1. The Morgan fingerprint density at radius 3 is 2.38 bits per heavy atom. The molecule has 0 aromatic heterocycles. The molecule has 0 heterocycles. The van der Waals surface area contributed by atoms with Gasteiger partial charge in [0.2, 0.25) is 5.91 Å². The molecule has 1 saturated carbocycles. The first-order valence-corrected chi connectivity index (χ1v) is 8.44. The van der Waals surface area contributed by atoms with Gasteiger partial charge < -0.3 is 5.32 Å². The number of hydrogen-bond acceptors (Lipinski definition) is 1. The molecule has 0 spiro atoms. The largest absolute Gasteiger partial charge is 0.323 e. The number of benzene rings is 2. The van der Waals surface area contributed by atoms with Crippen LogP contribution in [0.1, 0.15) is 49.8 Å². The fourth-order valence-electron chi connectivity index (χ4n) is 3.09. The van der Waals surface area contributed by atoms with E-state index in [-0.39, 0.29) is 29.0 Å². The van der Waals surface area contributed by atoms with E-state index in [4.69, 9.17) is 0 Å². The van der Waals surface area contributed by atoms with Crippen LogP contribution in [0.25, 0.3) is 0 Å². The fraction of sp³-hybridized carbons (Fsp3) is 0.381.